The molecule has 2 aromatic carbocycles. The first-order chi connectivity index (χ1) is 17.9. The maximum atomic E-state index is 13.1. The molecule has 0 radical (unpaired) electrons. The highest BCUT2D eigenvalue weighted by atomic mass is 35.5. The molecule has 0 aliphatic heterocycles. The van der Waals surface area contributed by atoms with E-state index >= 15 is 0 Å². The van der Waals surface area contributed by atoms with E-state index < -0.39 is 42.9 Å². The number of benzene rings is 2. The topological polar surface area (TPSA) is 83.1 Å². The highest BCUT2D eigenvalue weighted by Crippen LogP contribution is 2.50. The molecule has 7 nitrogen and oxygen atoms in total. The number of alkyl halides is 3. The van der Waals surface area contributed by atoms with Gasteiger partial charge < -0.3 is 10.1 Å². The number of halogens is 4. The average molecular weight is 612 g/mol. The molecular weight excluding hydrogens is 578 g/mol. The molecule has 0 saturated heterocycles. The molecule has 0 aromatic heterocycles. The van der Waals surface area contributed by atoms with Crippen molar-refractivity contribution in [2.45, 2.75) is 80.7 Å². The zero-order valence-corrected chi connectivity index (χ0v) is 25.3. The third kappa shape index (κ3) is 10.3. The second-order valence-electron chi connectivity index (χ2n) is 9.99. The highest BCUT2D eigenvalue weighted by molar-refractivity contribution is 7.99. The maximum Gasteiger partial charge on any atom is 0.474 e. The molecule has 0 aliphatic rings. The first-order valence-electron chi connectivity index (χ1n) is 11.9. The van der Waals surface area contributed by atoms with E-state index in [1.165, 1.54) is 20.3 Å². The minimum Gasteiger partial charge on any atom is -0.444 e. The lowest BCUT2D eigenvalue weighted by Crippen LogP contribution is -2.55. The lowest BCUT2D eigenvalue weighted by atomic mass is 9.88. The Hall–Kier alpha value is -1.75. The number of phosphoric ester groups is 1. The number of phosphoric acid groups is 1. The molecule has 0 unspecified atom stereocenters. The largest absolute Gasteiger partial charge is 0.474 e. The molecule has 0 fully saturated rings. The number of carbonyl (C=O) groups excluding carboxylic acids is 1. The SMILES string of the molecule is COP(=O)(OC)O[C@H](C)[C@](C)(CCc1ccc(Sc2cccc(C(F)(F)F)c2)cc1Cl)NC(=O)OC(C)(C)C. The van der Waals surface area contributed by atoms with Gasteiger partial charge in [0, 0.05) is 29.0 Å². The van der Waals surface area contributed by atoms with Gasteiger partial charge in [-0.2, -0.15) is 13.2 Å². The van der Waals surface area contributed by atoms with Crippen LogP contribution in [0.15, 0.2) is 52.3 Å². The van der Waals surface area contributed by atoms with Gasteiger partial charge in [-0.25, -0.2) is 9.36 Å². The highest BCUT2D eigenvalue weighted by Gasteiger charge is 2.40. The van der Waals surface area contributed by atoms with Gasteiger partial charge >= 0.3 is 20.1 Å². The summed E-state index contributed by atoms with van der Waals surface area (Å²) in [5.74, 6) is 0. The van der Waals surface area contributed by atoms with Crippen LogP contribution in [0, 0.1) is 0 Å². The van der Waals surface area contributed by atoms with Crippen LogP contribution in [-0.4, -0.2) is 37.6 Å². The van der Waals surface area contributed by atoms with Crippen LogP contribution in [0.1, 0.15) is 52.2 Å². The predicted octanol–water partition coefficient (Wildman–Crippen LogP) is 8.53. The van der Waals surface area contributed by atoms with Gasteiger partial charge in [0.2, 0.25) is 0 Å². The van der Waals surface area contributed by atoms with Crippen molar-refractivity contribution in [3.8, 4) is 0 Å². The molecule has 1 N–H and O–H groups in total. The summed E-state index contributed by atoms with van der Waals surface area (Å²) < 4.78 is 72.5. The van der Waals surface area contributed by atoms with E-state index in [4.69, 9.17) is 29.9 Å². The number of carbonyl (C=O) groups is 1. The summed E-state index contributed by atoms with van der Waals surface area (Å²) in [5.41, 5.74) is -1.84. The van der Waals surface area contributed by atoms with E-state index in [9.17, 15) is 22.5 Å². The van der Waals surface area contributed by atoms with Gasteiger partial charge in [0.15, 0.2) is 0 Å². The first-order valence-corrected chi connectivity index (χ1v) is 14.6. The van der Waals surface area contributed by atoms with Gasteiger partial charge in [-0.15, -0.1) is 0 Å². The summed E-state index contributed by atoms with van der Waals surface area (Å²) in [5, 5.41) is 3.22. The summed E-state index contributed by atoms with van der Waals surface area (Å²) in [7, 11) is -1.49. The summed E-state index contributed by atoms with van der Waals surface area (Å²) in [6.07, 6.45) is -5.30. The van der Waals surface area contributed by atoms with Crippen LogP contribution in [0.3, 0.4) is 0 Å². The molecule has 0 heterocycles. The standard InChI is InChI=1S/C26H34ClF3NO6PS/c1-17(37-38(33,34-6)35-7)25(5,31-23(32)36-24(2,3)4)14-13-18-11-12-21(16-22(18)27)39-20-10-8-9-19(15-20)26(28,29)30/h8-12,15-17H,13-14H2,1-7H3,(H,31,32)/t17-,25+/m1/s1. The Morgan fingerprint density at radius 2 is 1.67 bits per heavy atom. The minimum atomic E-state index is -4.43. The molecule has 2 rings (SSSR count). The van der Waals surface area contributed by atoms with Gasteiger partial charge in [0.05, 0.1) is 17.2 Å². The molecule has 0 spiro atoms. The van der Waals surface area contributed by atoms with Crippen molar-refractivity contribution < 1.29 is 40.8 Å². The molecule has 0 saturated carbocycles. The normalized spacial score (nSPS) is 14.9. The Kier molecular flexibility index (Phi) is 11.4. The fraction of sp³-hybridized carbons (Fsp3) is 0.500. The number of amides is 1. The van der Waals surface area contributed by atoms with Crippen LogP contribution < -0.4 is 5.32 Å². The Morgan fingerprint density at radius 1 is 1.05 bits per heavy atom. The van der Waals surface area contributed by atoms with Gasteiger partial charge in [-0.1, -0.05) is 35.5 Å². The second kappa shape index (κ2) is 13.3. The van der Waals surface area contributed by atoms with E-state index in [0.717, 1.165) is 29.5 Å². The minimum absolute atomic E-state index is 0.292. The van der Waals surface area contributed by atoms with E-state index in [-0.39, 0.29) is 0 Å². The van der Waals surface area contributed by atoms with Crippen LogP contribution >= 0.6 is 31.2 Å². The van der Waals surface area contributed by atoms with Crippen molar-refractivity contribution in [3.63, 3.8) is 0 Å². The van der Waals surface area contributed by atoms with Crippen LogP contribution in [0.5, 0.6) is 0 Å². The number of hydrogen-bond acceptors (Lipinski definition) is 7. The Labute approximate surface area is 236 Å². The van der Waals surface area contributed by atoms with Crippen LogP contribution in [0.25, 0.3) is 0 Å². The predicted molar refractivity (Wildman–Crippen MR) is 145 cm³/mol. The van der Waals surface area contributed by atoms with Crippen LogP contribution in [0.2, 0.25) is 5.02 Å². The van der Waals surface area contributed by atoms with E-state index in [2.05, 4.69) is 5.32 Å². The fourth-order valence-corrected chi connectivity index (χ4v) is 5.63. The molecule has 39 heavy (non-hydrogen) atoms. The fourth-order valence-electron chi connectivity index (χ4n) is 3.44. The summed E-state index contributed by atoms with van der Waals surface area (Å²) in [6, 6.07) is 10.3. The van der Waals surface area contributed by atoms with Crippen molar-refractivity contribution in [1.82, 2.24) is 5.32 Å². The number of aryl methyl sites for hydroxylation is 1. The first kappa shape index (κ1) is 33.5. The lowest BCUT2D eigenvalue weighted by Gasteiger charge is -2.37. The van der Waals surface area contributed by atoms with Crippen molar-refractivity contribution in [3.05, 3.63) is 58.6 Å². The molecule has 218 valence electrons. The van der Waals surface area contributed by atoms with Crippen molar-refractivity contribution in [1.29, 1.82) is 0 Å². The van der Waals surface area contributed by atoms with Gasteiger partial charge in [0.1, 0.15) is 5.60 Å². The number of ether oxygens (including phenoxy) is 1. The molecule has 13 heteroatoms. The van der Waals surface area contributed by atoms with E-state index in [0.29, 0.717) is 27.7 Å². The number of alkyl carbamates (subject to hydrolysis) is 1. The van der Waals surface area contributed by atoms with Gasteiger partial charge in [0.25, 0.3) is 0 Å². The zero-order chi connectivity index (χ0) is 29.6. The number of nitrogens with one attached hydrogen (secondary N) is 1. The van der Waals surface area contributed by atoms with Crippen molar-refractivity contribution in [2.24, 2.45) is 0 Å². The maximum absolute atomic E-state index is 13.1. The Bertz CT molecular complexity index is 1190. The van der Waals surface area contributed by atoms with Gasteiger partial charge in [-0.05, 0) is 83.4 Å². The van der Waals surface area contributed by atoms with E-state index in [1.807, 2.05) is 0 Å². The molecule has 1 amide bonds. The third-order valence-electron chi connectivity index (χ3n) is 5.75. The quantitative estimate of drug-likeness (QED) is 0.255. The smallest absolute Gasteiger partial charge is 0.444 e. The molecular formula is C26H34ClF3NO6PS. The molecule has 2 atom stereocenters. The Balaban J connectivity index is 2.23. The summed E-state index contributed by atoms with van der Waals surface area (Å²) in [6.45, 7) is 8.52. The lowest BCUT2D eigenvalue weighted by molar-refractivity contribution is -0.137. The molecule has 0 bridgehead atoms. The van der Waals surface area contributed by atoms with Crippen LogP contribution in [-0.2, 0) is 35.5 Å². The summed E-state index contributed by atoms with van der Waals surface area (Å²) >= 11 is 7.69. The van der Waals surface area contributed by atoms with Crippen molar-refractivity contribution in [2.75, 3.05) is 14.2 Å². The summed E-state index contributed by atoms with van der Waals surface area (Å²) in [4.78, 5) is 13.7. The monoisotopic (exact) mass is 611 g/mol. The van der Waals surface area contributed by atoms with Gasteiger partial charge in [-0.3, -0.25) is 13.6 Å². The number of rotatable bonds is 11. The number of hydrogen-bond donors (Lipinski definition) is 1. The molecule has 2 aromatic rings. The molecule has 0 aliphatic carbocycles. The Morgan fingerprint density at radius 3 is 2.21 bits per heavy atom. The zero-order valence-electron chi connectivity index (χ0n) is 22.8. The average Bonchev–Trinajstić information content (AvgIpc) is 2.81. The van der Waals surface area contributed by atoms with Crippen molar-refractivity contribution >= 4 is 37.3 Å². The second-order valence-corrected chi connectivity index (χ2v) is 13.4. The van der Waals surface area contributed by atoms with E-state index in [1.54, 1.807) is 58.9 Å². The van der Waals surface area contributed by atoms with Crippen LogP contribution in [0.4, 0.5) is 18.0 Å². The third-order valence-corrected chi connectivity index (χ3v) is 8.55.